The van der Waals surface area contributed by atoms with Crippen LogP contribution in [0, 0.1) is 0 Å². The van der Waals surface area contributed by atoms with Crippen LogP contribution in [0.4, 0.5) is 5.95 Å². The van der Waals surface area contributed by atoms with E-state index in [4.69, 9.17) is 4.74 Å². The number of carbonyl (C=O) groups excluding carboxylic acids is 1. The normalized spacial score (nSPS) is 21.3. The zero-order chi connectivity index (χ0) is 20.3. The van der Waals surface area contributed by atoms with Gasteiger partial charge in [0.2, 0.25) is 11.9 Å². The number of aromatic nitrogens is 3. The van der Waals surface area contributed by atoms with Gasteiger partial charge >= 0.3 is 0 Å². The van der Waals surface area contributed by atoms with Crippen molar-refractivity contribution in [2.24, 2.45) is 0 Å². The lowest BCUT2D eigenvalue weighted by atomic mass is 10.00. The molecule has 1 aromatic carbocycles. The van der Waals surface area contributed by atoms with Crippen molar-refractivity contribution in [1.29, 1.82) is 0 Å². The van der Waals surface area contributed by atoms with E-state index in [-0.39, 0.29) is 12.0 Å². The summed E-state index contributed by atoms with van der Waals surface area (Å²) in [7, 11) is 0. The summed E-state index contributed by atoms with van der Waals surface area (Å²) in [5.41, 5.74) is 2.63. The molecule has 2 fully saturated rings. The van der Waals surface area contributed by atoms with Gasteiger partial charge in [0, 0.05) is 32.8 Å². The number of fused-ring (bicyclic) bond motifs is 1. The smallest absolute Gasteiger partial charge is 0.233 e. The summed E-state index contributed by atoms with van der Waals surface area (Å²) in [6.45, 7) is 5.16. The lowest BCUT2D eigenvalue weighted by Crippen LogP contribution is -2.37. The Morgan fingerprint density at radius 3 is 2.73 bits per heavy atom. The maximum Gasteiger partial charge on any atom is 0.233 e. The van der Waals surface area contributed by atoms with Gasteiger partial charge in [0.1, 0.15) is 0 Å². The largest absolute Gasteiger partial charge is 0.376 e. The molecule has 3 aliphatic heterocycles. The molecule has 0 aliphatic carbocycles. The number of hydrogen-bond donors (Lipinski definition) is 0. The number of nitrogens with zero attached hydrogens (tertiary/aromatic N) is 5. The van der Waals surface area contributed by atoms with Crippen LogP contribution >= 0.6 is 11.8 Å². The van der Waals surface area contributed by atoms with Crippen molar-refractivity contribution in [3.8, 4) is 0 Å². The number of ether oxygens (including phenoxy) is 1. The third kappa shape index (κ3) is 4.21. The average molecular weight is 428 g/mol. The second-order valence-electron chi connectivity index (χ2n) is 8.35. The molecule has 160 valence electrons. The van der Waals surface area contributed by atoms with Crippen LogP contribution in [-0.2, 0) is 29.0 Å². The monoisotopic (exact) mass is 427 g/mol. The lowest BCUT2D eigenvalue weighted by molar-refractivity contribution is -0.129. The fraction of sp³-hybridized carbons (Fsp3) is 0.591. The first-order chi connectivity index (χ1) is 14.8. The molecular weight excluding hydrogens is 398 g/mol. The number of anilines is 1. The zero-order valence-corrected chi connectivity index (χ0v) is 18.1. The van der Waals surface area contributed by atoms with Crippen molar-refractivity contribution in [2.45, 2.75) is 56.5 Å². The number of amides is 1. The van der Waals surface area contributed by atoms with Crippen LogP contribution in [0.15, 0.2) is 29.4 Å². The standard InChI is InChI=1S/C22H29N5O2S/c28-20(26-12-9-17-6-1-2-7-18(17)14-26)16-30-22-24-23-21(25-10-3-4-11-25)27(22)15-19-8-5-13-29-19/h1-2,6-7,19H,3-5,8-16H2. The number of carbonyl (C=O) groups is 1. The van der Waals surface area contributed by atoms with Crippen LogP contribution in [0.1, 0.15) is 36.8 Å². The molecule has 0 spiro atoms. The van der Waals surface area contributed by atoms with Crippen molar-refractivity contribution in [3.63, 3.8) is 0 Å². The molecule has 1 atom stereocenters. The molecule has 30 heavy (non-hydrogen) atoms. The van der Waals surface area contributed by atoms with Crippen molar-refractivity contribution in [3.05, 3.63) is 35.4 Å². The number of rotatable bonds is 6. The topological polar surface area (TPSA) is 63.5 Å². The third-order valence-electron chi connectivity index (χ3n) is 6.30. The molecule has 1 amide bonds. The van der Waals surface area contributed by atoms with Gasteiger partial charge in [0.05, 0.1) is 18.4 Å². The number of hydrogen-bond acceptors (Lipinski definition) is 6. The van der Waals surface area contributed by atoms with Gasteiger partial charge in [0.15, 0.2) is 5.16 Å². The van der Waals surface area contributed by atoms with Gasteiger partial charge in [-0.3, -0.25) is 9.36 Å². The maximum atomic E-state index is 12.9. The van der Waals surface area contributed by atoms with E-state index in [1.807, 2.05) is 4.90 Å². The summed E-state index contributed by atoms with van der Waals surface area (Å²) in [4.78, 5) is 17.2. The van der Waals surface area contributed by atoms with E-state index in [1.54, 1.807) is 0 Å². The fourth-order valence-corrected chi connectivity index (χ4v) is 5.46. The maximum absolute atomic E-state index is 12.9. The minimum Gasteiger partial charge on any atom is -0.376 e. The van der Waals surface area contributed by atoms with Crippen LogP contribution in [0.5, 0.6) is 0 Å². The lowest BCUT2D eigenvalue weighted by Gasteiger charge is -2.28. The summed E-state index contributed by atoms with van der Waals surface area (Å²) in [6, 6.07) is 8.42. The van der Waals surface area contributed by atoms with E-state index in [9.17, 15) is 4.79 Å². The van der Waals surface area contributed by atoms with Gasteiger partial charge in [-0.2, -0.15) is 0 Å². The Bertz CT molecular complexity index is 889. The molecular formula is C22H29N5O2S. The third-order valence-corrected chi connectivity index (χ3v) is 7.26. The molecule has 4 heterocycles. The minimum absolute atomic E-state index is 0.170. The van der Waals surface area contributed by atoms with Gasteiger partial charge in [-0.25, -0.2) is 0 Å². The molecule has 3 aliphatic rings. The summed E-state index contributed by atoms with van der Waals surface area (Å²) in [6.07, 6.45) is 5.74. The predicted molar refractivity (Wildman–Crippen MR) is 117 cm³/mol. The summed E-state index contributed by atoms with van der Waals surface area (Å²) in [5.74, 6) is 1.50. The van der Waals surface area contributed by atoms with E-state index < -0.39 is 0 Å². The summed E-state index contributed by atoms with van der Waals surface area (Å²) >= 11 is 1.51. The van der Waals surface area contributed by atoms with Crippen molar-refractivity contribution < 1.29 is 9.53 Å². The molecule has 2 saturated heterocycles. The Morgan fingerprint density at radius 2 is 1.93 bits per heavy atom. The fourth-order valence-electron chi connectivity index (χ4n) is 4.62. The summed E-state index contributed by atoms with van der Waals surface area (Å²) in [5, 5.41) is 9.79. The molecule has 0 radical (unpaired) electrons. The molecule has 0 N–H and O–H groups in total. The molecule has 8 heteroatoms. The Hall–Kier alpha value is -2.06. The second-order valence-corrected chi connectivity index (χ2v) is 9.29. The predicted octanol–water partition coefficient (Wildman–Crippen LogP) is 2.73. The Kier molecular flexibility index (Phi) is 5.95. The quantitative estimate of drug-likeness (QED) is 0.661. The van der Waals surface area contributed by atoms with Crippen LogP contribution in [0.2, 0.25) is 0 Å². The van der Waals surface area contributed by atoms with E-state index in [2.05, 4.69) is 43.9 Å². The van der Waals surface area contributed by atoms with E-state index in [0.29, 0.717) is 12.3 Å². The molecule has 1 aromatic heterocycles. The average Bonchev–Trinajstić information content (AvgIpc) is 3.54. The van der Waals surface area contributed by atoms with Gasteiger partial charge in [-0.15, -0.1) is 10.2 Å². The second kappa shape index (κ2) is 8.98. The van der Waals surface area contributed by atoms with E-state index in [1.165, 1.54) is 35.7 Å². The molecule has 0 saturated carbocycles. The molecule has 1 unspecified atom stereocenters. The highest BCUT2D eigenvalue weighted by Crippen LogP contribution is 2.28. The Labute approximate surface area is 181 Å². The van der Waals surface area contributed by atoms with Crippen LogP contribution in [0.3, 0.4) is 0 Å². The van der Waals surface area contributed by atoms with Gasteiger partial charge < -0.3 is 14.5 Å². The molecule has 7 nitrogen and oxygen atoms in total. The van der Waals surface area contributed by atoms with E-state index in [0.717, 1.165) is 63.2 Å². The van der Waals surface area contributed by atoms with Gasteiger partial charge in [-0.1, -0.05) is 36.0 Å². The van der Waals surface area contributed by atoms with Crippen LogP contribution < -0.4 is 4.90 Å². The highest BCUT2D eigenvalue weighted by Gasteiger charge is 2.26. The van der Waals surface area contributed by atoms with Gasteiger partial charge in [0.25, 0.3) is 0 Å². The van der Waals surface area contributed by atoms with Crippen LogP contribution in [-0.4, -0.2) is 63.7 Å². The molecule has 5 rings (SSSR count). The van der Waals surface area contributed by atoms with Crippen molar-refractivity contribution in [2.75, 3.05) is 36.9 Å². The Balaban J connectivity index is 1.26. The first kappa shape index (κ1) is 19.9. The number of benzene rings is 1. The Morgan fingerprint density at radius 1 is 1.10 bits per heavy atom. The highest BCUT2D eigenvalue weighted by atomic mass is 32.2. The number of thioether (sulfide) groups is 1. The highest BCUT2D eigenvalue weighted by molar-refractivity contribution is 7.99. The van der Waals surface area contributed by atoms with Crippen molar-refractivity contribution in [1.82, 2.24) is 19.7 Å². The minimum atomic E-state index is 0.170. The zero-order valence-electron chi connectivity index (χ0n) is 17.3. The first-order valence-corrected chi connectivity index (χ1v) is 12.0. The SMILES string of the molecule is O=C(CSc1nnc(N2CCCC2)n1CC1CCCO1)N1CCc2ccccc2C1. The summed E-state index contributed by atoms with van der Waals surface area (Å²) < 4.78 is 8.06. The molecule has 0 bridgehead atoms. The van der Waals surface area contributed by atoms with Crippen LogP contribution in [0.25, 0.3) is 0 Å². The van der Waals surface area contributed by atoms with Gasteiger partial charge in [-0.05, 0) is 43.2 Å². The first-order valence-electron chi connectivity index (χ1n) is 11.0. The van der Waals surface area contributed by atoms with Crippen molar-refractivity contribution >= 4 is 23.6 Å². The molecule has 2 aromatic rings. The van der Waals surface area contributed by atoms with E-state index >= 15 is 0 Å².